The van der Waals surface area contributed by atoms with E-state index in [4.69, 9.17) is 9.15 Å². The van der Waals surface area contributed by atoms with Gasteiger partial charge in [0, 0.05) is 42.7 Å². The molecule has 0 aliphatic carbocycles. The fourth-order valence-electron chi connectivity index (χ4n) is 2.72. The maximum atomic E-state index is 12.3. The second kappa shape index (κ2) is 6.80. The van der Waals surface area contributed by atoms with Crippen LogP contribution in [0.2, 0.25) is 0 Å². The first-order valence-electron chi connectivity index (χ1n) is 7.88. The van der Waals surface area contributed by atoms with Crippen molar-refractivity contribution in [3.05, 3.63) is 52.0 Å². The number of carbonyl (C=O) groups is 1. The Bertz CT molecular complexity index is 988. The van der Waals surface area contributed by atoms with Gasteiger partial charge in [-0.25, -0.2) is 4.79 Å². The molecule has 0 bridgehead atoms. The van der Waals surface area contributed by atoms with Gasteiger partial charge in [-0.2, -0.15) is 5.10 Å². The Labute approximate surface area is 144 Å². The Morgan fingerprint density at radius 1 is 1.36 bits per heavy atom. The third-order valence-corrected chi connectivity index (χ3v) is 4.08. The fourth-order valence-corrected chi connectivity index (χ4v) is 2.72. The highest BCUT2D eigenvalue weighted by Crippen LogP contribution is 2.24. The van der Waals surface area contributed by atoms with E-state index in [1.165, 1.54) is 0 Å². The zero-order valence-electron chi connectivity index (χ0n) is 14.3. The van der Waals surface area contributed by atoms with E-state index in [-0.39, 0.29) is 12.3 Å². The highest BCUT2D eigenvalue weighted by Gasteiger charge is 2.14. The molecule has 25 heavy (non-hydrogen) atoms. The second-order valence-corrected chi connectivity index (χ2v) is 5.78. The molecule has 1 N–H and O–H groups in total. The number of ether oxygens (including phenoxy) is 1. The largest absolute Gasteiger partial charge is 0.497 e. The van der Waals surface area contributed by atoms with Crippen molar-refractivity contribution in [3.63, 3.8) is 0 Å². The Kier molecular flexibility index (Phi) is 4.56. The van der Waals surface area contributed by atoms with E-state index in [9.17, 15) is 9.59 Å². The number of benzene rings is 1. The van der Waals surface area contributed by atoms with Crippen LogP contribution in [0.5, 0.6) is 5.75 Å². The smallest absolute Gasteiger partial charge is 0.339 e. The van der Waals surface area contributed by atoms with Crippen LogP contribution in [0.15, 0.2) is 39.7 Å². The lowest BCUT2D eigenvalue weighted by Crippen LogP contribution is -2.17. The fraction of sp³-hybridized carbons (Fsp3) is 0.278. The number of nitrogens with zero attached hydrogens (tertiary/aromatic N) is 2. The molecule has 2 heterocycles. The van der Waals surface area contributed by atoms with Crippen molar-refractivity contribution in [2.24, 2.45) is 7.05 Å². The predicted octanol–water partition coefficient (Wildman–Crippen LogP) is 2.41. The van der Waals surface area contributed by atoms with Crippen LogP contribution in [-0.4, -0.2) is 22.8 Å². The summed E-state index contributed by atoms with van der Waals surface area (Å²) in [5.41, 5.74) is 1.38. The molecule has 0 radical (unpaired) electrons. The summed E-state index contributed by atoms with van der Waals surface area (Å²) in [6.45, 7) is 1.86. The summed E-state index contributed by atoms with van der Waals surface area (Å²) in [6.07, 6.45) is 2.21. The van der Waals surface area contributed by atoms with Gasteiger partial charge in [0.05, 0.1) is 7.11 Å². The predicted molar refractivity (Wildman–Crippen MR) is 93.9 cm³/mol. The number of amides is 1. The first-order chi connectivity index (χ1) is 12.0. The monoisotopic (exact) mass is 341 g/mol. The van der Waals surface area contributed by atoms with Gasteiger partial charge in [0.25, 0.3) is 0 Å². The number of anilines is 1. The van der Waals surface area contributed by atoms with Gasteiger partial charge in [0.1, 0.15) is 11.3 Å². The standard InChI is InChI=1S/C18H19N3O4/c1-11-13-5-4-12(24-3)10-15(13)25-18(23)14(11)6-7-17(22)19-16-8-9-21(2)20-16/h4-5,8-10H,6-7H2,1-3H3,(H,19,20,22). The molecule has 130 valence electrons. The third-order valence-electron chi connectivity index (χ3n) is 4.08. The van der Waals surface area contributed by atoms with E-state index >= 15 is 0 Å². The maximum Gasteiger partial charge on any atom is 0.339 e. The molecule has 0 saturated heterocycles. The SMILES string of the molecule is COc1ccc2c(C)c(CCC(=O)Nc3ccn(C)n3)c(=O)oc2c1. The molecule has 0 atom stereocenters. The van der Waals surface area contributed by atoms with Gasteiger partial charge in [0.2, 0.25) is 5.91 Å². The minimum atomic E-state index is -0.427. The molecule has 1 aromatic carbocycles. The molecule has 0 spiro atoms. The molecule has 0 fully saturated rings. The maximum absolute atomic E-state index is 12.3. The van der Waals surface area contributed by atoms with Crippen LogP contribution < -0.4 is 15.7 Å². The van der Waals surface area contributed by atoms with Crippen LogP contribution in [0, 0.1) is 6.92 Å². The average molecular weight is 341 g/mol. The van der Waals surface area contributed by atoms with Gasteiger partial charge in [-0.15, -0.1) is 0 Å². The number of hydrogen-bond donors (Lipinski definition) is 1. The van der Waals surface area contributed by atoms with Crippen LogP contribution >= 0.6 is 0 Å². The number of carbonyl (C=O) groups excluding carboxylic acids is 1. The number of hydrogen-bond acceptors (Lipinski definition) is 5. The Morgan fingerprint density at radius 3 is 2.84 bits per heavy atom. The molecule has 2 aromatic heterocycles. The molecule has 0 aliphatic heterocycles. The summed E-state index contributed by atoms with van der Waals surface area (Å²) < 4.78 is 12.1. The Morgan fingerprint density at radius 2 is 2.16 bits per heavy atom. The average Bonchev–Trinajstić information content (AvgIpc) is 2.98. The van der Waals surface area contributed by atoms with Gasteiger partial charge >= 0.3 is 5.63 Å². The molecule has 7 nitrogen and oxygen atoms in total. The lowest BCUT2D eigenvalue weighted by molar-refractivity contribution is -0.116. The van der Waals surface area contributed by atoms with Crippen molar-refractivity contribution >= 4 is 22.7 Å². The zero-order chi connectivity index (χ0) is 18.0. The molecule has 0 unspecified atom stereocenters. The molecule has 0 aliphatic rings. The second-order valence-electron chi connectivity index (χ2n) is 5.78. The van der Waals surface area contributed by atoms with Crippen molar-refractivity contribution in [1.29, 1.82) is 0 Å². The van der Waals surface area contributed by atoms with Crippen LogP contribution in [-0.2, 0) is 18.3 Å². The van der Waals surface area contributed by atoms with E-state index < -0.39 is 5.63 Å². The van der Waals surface area contributed by atoms with Crippen LogP contribution in [0.4, 0.5) is 5.82 Å². The van der Waals surface area contributed by atoms with Crippen molar-refractivity contribution < 1.29 is 13.9 Å². The van der Waals surface area contributed by atoms with Gasteiger partial charge in [-0.1, -0.05) is 0 Å². The number of fused-ring (bicyclic) bond motifs is 1. The number of nitrogens with one attached hydrogen (secondary N) is 1. The van der Waals surface area contributed by atoms with E-state index in [0.29, 0.717) is 29.1 Å². The Balaban J connectivity index is 1.79. The van der Waals surface area contributed by atoms with E-state index in [0.717, 1.165) is 10.9 Å². The lowest BCUT2D eigenvalue weighted by atomic mass is 10.0. The summed E-state index contributed by atoms with van der Waals surface area (Å²) in [4.78, 5) is 24.3. The van der Waals surface area contributed by atoms with E-state index in [2.05, 4.69) is 10.4 Å². The topological polar surface area (TPSA) is 86.4 Å². The zero-order valence-corrected chi connectivity index (χ0v) is 14.3. The molecule has 0 saturated carbocycles. The van der Waals surface area contributed by atoms with Crippen LogP contribution in [0.3, 0.4) is 0 Å². The Hall–Kier alpha value is -3.09. The van der Waals surface area contributed by atoms with Crippen molar-refractivity contribution in [2.45, 2.75) is 19.8 Å². The number of rotatable bonds is 5. The molecule has 3 rings (SSSR count). The minimum Gasteiger partial charge on any atom is -0.497 e. The summed E-state index contributed by atoms with van der Waals surface area (Å²) in [5.74, 6) is 0.909. The first-order valence-corrected chi connectivity index (χ1v) is 7.88. The van der Waals surface area contributed by atoms with Crippen LogP contribution in [0.25, 0.3) is 11.0 Å². The molecular formula is C18H19N3O4. The highest BCUT2D eigenvalue weighted by molar-refractivity contribution is 5.90. The lowest BCUT2D eigenvalue weighted by Gasteiger charge is -2.08. The van der Waals surface area contributed by atoms with Gasteiger partial charge < -0.3 is 14.5 Å². The summed E-state index contributed by atoms with van der Waals surface area (Å²) in [7, 11) is 3.33. The van der Waals surface area contributed by atoms with Gasteiger partial charge in [-0.05, 0) is 31.0 Å². The number of methoxy groups -OCH3 is 1. The van der Waals surface area contributed by atoms with Crippen molar-refractivity contribution in [3.8, 4) is 5.75 Å². The molecule has 1 amide bonds. The summed E-state index contributed by atoms with van der Waals surface area (Å²) in [5, 5.41) is 7.63. The van der Waals surface area contributed by atoms with Gasteiger partial charge in [-0.3, -0.25) is 9.48 Å². The van der Waals surface area contributed by atoms with Crippen molar-refractivity contribution in [1.82, 2.24) is 9.78 Å². The first kappa shape index (κ1) is 16.8. The molecule has 7 heteroatoms. The summed E-state index contributed by atoms with van der Waals surface area (Å²) in [6, 6.07) is 7.05. The summed E-state index contributed by atoms with van der Waals surface area (Å²) >= 11 is 0. The molecule has 3 aromatic rings. The molecular weight excluding hydrogens is 322 g/mol. The number of aromatic nitrogens is 2. The number of aryl methyl sites for hydroxylation is 2. The quantitative estimate of drug-likeness (QED) is 0.720. The minimum absolute atomic E-state index is 0.170. The third kappa shape index (κ3) is 3.55. The van der Waals surface area contributed by atoms with E-state index in [1.807, 2.05) is 19.1 Å². The van der Waals surface area contributed by atoms with E-state index in [1.54, 1.807) is 37.2 Å². The normalized spacial score (nSPS) is 10.8. The van der Waals surface area contributed by atoms with Crippen LogP contribution in [0.1, 0.15) is 17.5 Å². The highest BCUT2D eigenvalue weighted by atomic mass is 16.5. The van der Waals surface area contributed by atoms with Gasteiger partial charge in [0.15, 0.2) is 5.82 Å². The van der Waals surface area contributed by atoms with Crippen molar-refractivity contribution in [2.75, 3.05) is 12.4 Å².